The van der Waals surface area contributed by atoms with Gasteiger partial charge < -0.3 is 20.5 Å². The van der Waals surface area contributed by atoms with E-state index in [9.17, 15) is 14.4 Å². The number of carbonyl (C=O) groups is 3. The third kappa shape index (κ3) is 6.01. The maximum atomic E-state index is 11.9. The molecule has 7 heteroatoms. The van der Waals surface area contributed by atoms with Crippen LogP contribution in [-0.2, 0) is 14.3 Å². The fourth-order valence-electron chi connectivity index (χ4n) is 2.52. The molecule has 1 aliphatic rings. The molecule has 2 amide bonds. The van der Waals surface area contributed by atoms with E-state index in [1.807, 2.05) is 0 Å². The number of methoxy groups -OCH3 is 1. The summed E-state index contributed by atoms with van der Waals surface area (Å²) in [6, 6.07) is -1.51. The summed E-state index contributed by atoms with van der Waals surface area (Å²) in [6.45, 7) is 2.08. The van der Waals surface area contributed by atoms with Crippen LogP contribution in [0, 0.1) is 5.92 Å². The molecule has 0 bridgehead atoms. The smallest absolute Gasteiger partial charge is 0.326 e. The van der Waals surface area contributed by atoms with E-state index < -0.39 is 24.0 Å². The van der Waals surface area contributed by atoms with Gasteiger partial charge in [0.15, 0.2) is 0 Å². The molecule has 21 heavy (non-hydrogen) atoms. The average Bonchev–Trinajstić information content (AvgIpc) is 2.45. The average molecular weight is 300 g/mol. The number of carbonyl (C=O) groups excluding carboxylic acids is 2. The molecular formula is C14H24N2O5. The van der Waals surface area contributed by atoms with Crippen molar-refractivity contribution in [3.8, 4) is 0 Å². The van der Waals surface area contributed by atoms with Crippen LogP contribution < -0.4 is 10.6 Å². The van der Waals surface area contributed by atoms with Gasteiger partial charge in [-0.1, -0.05) is 19.8 Å². The highest BCUT2D eigenvalue weighted by atomic mass is 16.5. The first-order valence-electron chi connectivity index (χ1n) is 7.30. The van der Waals surface area contributed by atoms with E-state index in [4.69, 9.17) is 5.11 Å². The van der Waals surface area contributed by atoms with Gasteiger partial charge in [-0.2, -0.15) is 0 Å². The SMILES string of the molecule is COC(=O)CC[C@@H](NC(=O)NC1CCCCC1C)C(=O)O. The molecule has 0 aliphatic heterocycles. The van der Waals surface area contributed by atoms with Crippen molar-refractivity contribution in [1.82, 2.24) is 10.6 Å². The Morgan fingerprint density at radius 1 is 1.29 bits per heavy atom. The first-order valence-corrected chi connectivity index (χ1v) is 7.30. The monoisotopic (exact) mass is 300 g/mol. The molecule has 3 N–H and O–H groups in total. The van der Waals surface area contributed by atoms with Gasteiger partial charge in [0, 0.05) is 12.5 Å². The van der Waals surface area contributed by atoms with Crippen LogP contribution in [0.15, 0.2) is 0 Å². The van der Waals surface area contributed by atoms with Crippen molar-refractivity contribution in [2.24, 2.45) is 5.92 Å². The lowest BCUT2D eigenvalue weighted by atomic mass is 9.86. The lowest BCUT2D eigenvalue weighted by molar-refractivity contribution is -0.142. The van der Waals surface area contributed by atoms with Gasteiger partial charge in [0.1, 0.15) is 6.04 Å². The highest BCUT2D eigenvalue weighted by Crippen LogP contribution is 2.23. The third-order valence-electron chi connectivity index (χ3n) is 3.90. The van der Waals surface area contributed by atoms with Gasteiger partial charge in [-0.3, -0.25) is 4.79 Å². The van der Waals surface area contributed by atoms with Crippen molar-refractivity contribution >= 4 is 18.0 Å². The van der Waals surface area contributed by atoms with Crippen LogP contribution in [0.25, 0.3) is 0 Å². The summed E-state index contributed by atoms with van der Waals surface area (Å²) in [4.78, 5) is 34.0. The van der Waals surface area contributed by atoms with Crippen LogP contribution in [0.4, 0.5) is 4.79 Å². The van der Waals surface area contributed by atoms with E-state index in [-0.39, 0.29) is 18.9 Å². The van der Waals surface area contributed by atoms with Crippen molar-refractivity contribution in [3.05, 3.63) is 0 Å². The van der Waals surface area contributed by atoms with Crippen LogP contribution in [0.5, 0.6) is 0 Å². The third-order valence-corrected chi connectivity index (χ3v) is 3.90. The summed E-state index contributed by atoms with van der Waals surface area (Å²) in [5, 5.41) is 14.3. The molecule has 0 saturated heterocycles. The van der Waals surface area contributed by atoms with Gasteiger partial charge >= 0.3 is 18.0 Å². The Morgan fingerprint density at radius 2 is 1.95 bits per heavy atom. The number of aliphatic carboxylic acids is 1. The number of ether oxygens (including phenoxy) is 1. The Kier molecular flexibility index (Phi) is 6.98. The minimum atomic E-state index is -1.16. The second kappa shape index (κ2) is 8.49. The van der Waals surface area contributed by atoms with E-state index >= 15 is 0 Å². The number of hydrogen-bond donors (Lipinski definition) is 3. The minimum absolute atomic E-state index is 0.00957. The maximum absolute atomic E-state index is 11.9. The molecule has 1 fully saturated rings. The van der Waals surface area contributed by atoms with Crippen molar-refractivity contribution in [3.63, 3.8) is 0 Å². The molecule has 0 aromatic carbocycles. The van der Waals surface area contributed by atoms with Gasteiger partial charge in [-0.05, 0) is 25.2 Å². The second-order valence-electron chi connectivity index (χ2n) is 5.49. The molecule has 1 aliphatic carbocycles. The first-order chi connectivity index (χ1) is 9.93. The van der Waals surface area contributed by atoms with Gasteiger partial charge in [-0.15, -0.1) is 0 Å². The van der Waals surface area contributed by atoms with Gasteiger partial charge in [0.2, 0.25) is 0 Å². The number of amides is 2. The topological polar surface area (TPSA) is 105 Å². The Hall–Kier alpha value is -1.79. The van der Waals surface area contributed by atoms with Gasteiger partial charge in [-0.25, -0.2) is 9.59 Å². The number of esters is 1. The largest absolute Gasteiger partial charge is 0.480 e. The van der Waals surface area contributed by atoms with Crippen molar-refractivity contribution in [2.45, 2.75) is 57.5 Å². The molecule has 1 rings (SSSR count). The minimum Gasteiger partial charge on any atom is -0.480 e. The maximum Gasteiger partial charge on any atom is 0.326 e. The summed E-state index contributed by atoms with van der Waals surface area (Å²) in [7, 11) is 1.24. The fraction of sp³-hybridized carbons (Fsp3) is 0.786. The van der Waals surface area contributed by atoms with Crippen molar-refractivity contribution in [1.29, 1.82) is 0 Å². The molecule has 120 valence electrons. The van der Waals surface area contributed by atoms with E-state index in [0.29, 0.717) is 5.92 Å². The van der Waals surface area contributed by atoms with Gasteiger partial charge in [0.25, 0.3) is 0 Å². The molecule has 7 nitrogen and oxygen atoms in total. The normalized spacial score (nSPS) is 23.0. The molecular weight excluding hydrogens is 276 g/mol. The van der Waals surface area contributed by atoms with E-state index in [1.54, 1.807) is 0 Å². The number of nitrogens with one attached hydrogen (secondary N) is 2. The van der Waals surface area contributed by atoms with Gasteiger partial charge in [0.05, 0.1) is 7.11 Å². The summed E-state index contributed by atoms with van der Waals surface area (Å²) >= 11 is 0. The predicted octanol–water partition coefficient (Wildman–Crippen LogP) is 1.27. The molecule has 2 unspecified atom stereocenters. The van der Waals surface area contributed by atoms with Crippen LogP contribution in [-0.4, -0.2) is 42.3 Å². The van der Waals surface area contributed by atoms with E-state index in [0.717, 1.165) is 25.7 Å². The standard InChI is InChI=1S/C14H24N2O5/c1-9-5-3-4-6-10(9)15-14(20)16-11(13(18)19)7-8-12(17)21-2/h9-11H,3-8H2,1-2H3,(H,18,19)(H2,15,16,20)/t9?,10?,11-/m1/s1. The summed E-state index contributed by atoms with van der Waals surface area (Å²) in [6.07, 6.45) is 4.17. The molecule has 3 atom stereocenters. The fourth-order valence-corrected chi connectivity index (χ4v) is 2.52. The number of urea groups is 1. The first kappa shape index (κ1) is 17.3. The quantitative estimate of drug-likeness (QED) is 0.641. The Labute approximate surface area is 124 Å². The summed E-state index contributed by atoms with van der Waals surface area (Å²) in [5.74, 6) is -1.27. The number of rotatable bonds is 6. The van der Waals surface area contributed by atoms with Crippen LogP contribution in [0.1, 0.15) is 45.4 Å². The predicted molar refractivity (Wildman–Crippen MR) is 75.8 cm³/mol. The number of hydrogen-bond acceptors (Lipinski definition) is 4. The Bertz CT molecular complexity index is 386. The number of carboxylic acid groups (broad SMARTS) is 1. The highest BCUT2D eigenvalue weighted by molar-refractivity contribution is 5.83. The van der Waals surface area contributed by atoms with Crippen LogP contribution in [0.2, 0.25) is 0 Å². The molecule has 1 saturated carbocycles. The highest BCUT2D eigenvalue weighted by Gasteiger charge is 2.25. The zero-order valence-electron chi connectivity index (χ0n) is 12.6. The summed E-state index contributed by atoms with van der Waals surface area (Å²) in [5.41, 5.74) is 0. The molecule has 0 radical (unpaired) electrons. The zero-order valence-corrected chi connectivity index (χ0v) is 12.6. The lowest BCUT2D eigenvalue weighted by Gasteiger charge is -2.30. The Morgan fingerprint density at radius 3 is 2.52 bits per heavy atom. The molecule has 0 aromatic heterocycles. The Balaban J connectivity index is 2.44. The van der Waals surface area contributed by atoms with Crippen LogP contribution in [0.3, 0.4) is 0 Å². The van der Waals surface area contributed by atoms with E-state index in [1.165, 1.54) is 7.11 Å². The van der Waals surface area contributed by atoms with Crippen molar-refractivity contribution < 1.29 is 24.2 Å². The second-order valence-corrected chi connectivity index (χ2v) is 5.49. The molecule has 0 heterocycles. The summed E-state index contributed by atoms with van der Waals surface area (Å²) < 4.78 is 4.46. The zero-order chi connectivity index (χ0) is 15.8. The number of carboxylic acids is 1. The van der Waals surface area contributed by atoms with E-state index in [2.05, 4.69) is 22.3 Å². The lowest BCUT2D eigenvalue weighted by Crippen LogP contribution is -2.51. The van der Waals surface area contributed by atoms with Crippen LogP contribution >= 0.6 is 0 Å². The molecule has 0 aromatic rings. The van der Waals surface area contributed by atoms with Crippen molar-refractivity contribution in [2.75, 3.05) is 7.11 Å². The molecule has 0 spiro atoms.